The fourth-order valence-electron chi connectivity index (χ4n) is 0.218. The molecule has 0 heterocycles. The van der Waals surface area contributed by atoms with Crippen LogP contribution >= 0.6 is 31.5 Å². The fraction of sp³-hybridized carbons (Fsp3) is 0.500. The van der Waals surface area contributed by atoms with Crippen molar-refractivity contribution in [2.24, 2.45) is 0 Å². The molecule has 3 nitrogen and oxygen atoms in total. The van der Waals surface area contributed by atoms with Crippen LogP contribution in [0.4, 0.5) is 0 Å². The number of rotatable bonds is 4. The molecule has 0 radical (unpaired) electrons. The molecule has 0 rings (SSSR count). The lowest BCUT2D eigenvalue weighted by molar-refractivity contribution is 0.376. The molecule has 0 bridgehead atoms. The lowest BCUT2D eigenvalue weighted by atomic mass is 10.4. The predicted octanol–water partition coefficient (Wildman–Crippen LogP) is 2.01. The summed E-state index contributed by atoms with van der Waals surface area (Å²) in [7, 11) is -2.59. The molecular weight excluding hydrogens is 198 g/mol. The van der Waals surface area contributed by atoms with Gasteiger partial charge in [0.05, 0.1) is 0 Å². The third-order valence-corrected chi connectivity index (χ3v) is 1.63. The van der Waals surface area contributed by atoms with Gasteiger partial charge in [-0.05, 0) is 5.57 Å². The Kier molecular flexibility index (Phi) is 6.03. The highest BCUT2D eigenvalue weighted by atomic mass is 35.5. The van der Waals surface area contributed by atoms with Gasteiger partial charge < -0.3 is 0 Å². The van der Waals surface area contributed by atoms with Gasteiger partial charge in [-0.1, -0.05) is 0 Å². The summed E-state index contributed by atoms with van der Waals surface area (Å²) in [5, 5.41) is 0. The topological polar surface area (TPSA) is 46.5 Å². The van der Waals surface area contributed by atoms with E-state index in [-0.39, 0.29) is 11.8 Å². The molecule has 0 fully saturated rings. The van der Waals surface area contributed by atoms with Crippen LogP contribution in [0.25, 0.3) is 0 Å². The molecule has 0 aromatic carbocycles. The third-order valence-electron chi connectivity index (χ3n) is 0.653. The molecule has 0 saturated carbocycles. The van der Waals surface area contributed by atoms with Gasteiger partial charge in [-0.3, -0.25) is 0 Å². The average Bonchev–Trinajstić information content (AvgIpc) is 1.90. The van der Waals surface area contributed by atoms with Gasteiger partial charge in [0.1, 0.15) is 0 Å². The summed E-state index contributed by atoms with van der Waals surface area (Å²) in [4.78, 5) is 8.15. The maximum atomic E-state index is 9.93. The maximum Gasteiger partial charge on any atom is 0.746 e. The summed E-state index contributed by atoms with van der Waals surface area (Å²) in [6.07, 6.45) is 1.10. The first-order chi connectivity index (χ1) is 4.70. The van der Waals surface area contributed by atoms with E-state index in [1.54, 1.807) is 0 Å². The van der Waals surface area contributed by atoms with Crippen LogP contribution in [0, 0.1) is 0 Å². The van der Waals surface area contributed by atoms with Crippen molar-refractivity contribution in [3.05, 3.63) is 11.8 Å². The SMILES string of the molecule is O=[P+](O)OC=C(CCl)CCl. The van der Waals surface area contributed by atoms with Crippen LogP contribution in [0.2, 0.25) is 0 Å². The Morgan fingerprint density at radius 2 is 2.10 bits per heavy atom. The van der Waals surface area contributed by atoms with Gasteiger partial charge in [0.2, 0.25) is 0 Å². The number of hydrogen-bond acceptors (Lipinski definition) is 2. The molecule has 0 aromatic heterocycles. The second-order valence-corrected chi connectivity index (χ2v) is 2.61. The molecule has 0 aliphatic carbocycles. The first-order valence-corrected chi connectivity index (χ1v) is 4.53. The van der Waals surface area contributed by atoms with Gasteiger partial charge in [0.15, 0.2) is 6.26 Å². The zero-order chi connectivity index (χ0) is 7.98. The van der Waals surface area contributed by atoms with Crippen molar-refractivity contribution in [2.45, 2.75) is 0 Å². The van der Waals surface area contributed by atoms with E-state index in [1.807, 2.05) is 0 Å². The molecule has 0 amide bonds. The molecule has 6 heteroatoms. The monoisotopic (exact) mass is 203 g/mol. The van der Waals surface area contributed by atoms with Crippen LogP contribution in [-0.4, -0.2) is 16.7 Å². The van der Waals surface area contributed by atoms with Crippen LogP contribution in [0.3, 0.4) is 0 Å². The van der Waals surface area contributed by atoms with Gasteiger partial charge >= 0.3 is 8.25 Å². The Hall–Kier alpha value is 0.180. The lowest BCUT2D eigenvalue weighted by Gasteiger charge is -1.89. The molecule has 0 aliphatic heterocycles. The first kappa shape index (κ1) is 10.2. The molecule has 0 saturated heterocycles. The molecule has 1 N–H and O–H groups in total. The predicted molar refractivity (Wildman–Crippen MR) is 40.4 cm³/mol. The van der Waals surface area contributed by atoms with Crippen LogP contribution in [0.5, 0.6) is 0 Å². The highest BCUT2D eigenvalue weighted by Gasteiger charge is 2.09. The quantitative estimate of drug-likeness (QED) is 0.432. The van der Waals surface area contributed by atoms with E-state index >= 15 is 0 Å². The minimum absolute atomic E-state index is 0.201. The van der Waals surface area contributed by atoms with E-state index in [0.29, 0.717) is 5.57 Å². The van der Waals surface area contributed by atoms with Crippen molar-refractivity contribution >= 4 is 31.5 Å². The van der Waals surface area contributed by atoms with Crippen LogP contribution in [0.1, 0.15) is 0 Å². The van der Waals surface area contributed by atoms with Crippen molar-refractivity contribution < 1.29 is 14.0 Å². The zero-order valence-corrected chi connectivity index (χ0v) is 7.36. The number of halogens is 2. The summed E-state index contributed by atoms with van der Waals surface area (Å²) < 4.78 is 14.2. The Morgan fingerprint density at radius 1 is 1.60 bits per heavy atom. The first-order valence-electron chi connectivity index (χ1n) is 2.33. The molecule has 1 unspecified atom stereocenters. The van der Waals surface area contributed by atoms with E-state index in [4.69, 9.17) is 28.1 Å². The van der Waals surface area contributed by atoms with Gasteiger partial charge in [-0.25, -0.2) is 4.52 Å². The zero-order valence-electron chi connectivity index (χ0n) is 4.96. The number of alkyl halides is 2. The Labute approximate surface area is 69.5 Å². The summed E-state index contributed by atoms with van der Waals surface area (Å²) in [5.74, 6) is 0.402. The minimum Gasteiger partial charge on any atom is -0.237 e. The van der Waals surface area contributed by atoms with Gasteiger partial charge in [0.25, 0.3) is 0 Å². The van der Waals surface area contributed by atoms with E-state index in [9.17, 15) is 4.57 Å². The van der Waals surface area contributed by atoms with Crippen molar-refractivity contribution in [3.8, 4) is 0 Å². The van der Waals surface area contributed by atoms with E-state index in [2.05, 4.69) is 4.52 Å². The summed E-state index contributed by atoms with van der Waals surface area (Å²) in [6.45, 7) is 0. The molecule has 0 spiro atoms. The molecule has 0 aromatic rings. The van der Waals surface area contributed by atoms with Gasteiger partial charge in [-0.15, -0.1) is 28.1 Å². The van der Waals surface area contributed by atoms with E-state index < -0.39 is 8.25 Å². The second-order valence-electron chi connectivity index (χ2n) is 1.39. The van der Waals surface area contributed by atoms with E-state index in [1.165, 1.54) is 0 Å². The Balaban J connectivity index is 3.74. The fourth-order valence-corrected chi connectivity index (χ4v) is 0.869. The molecule has 1 atom stereocenters. The van der Waals surface area contributed by atoms with Crippen molar-refractivity contribution in [1.29, 1.82) is 0 Å². The average molecular weight is 204 g/mol. The molecule has 0 aliphatic rings. The molecule has 58 valence electrons. The summed E-state index contributed by atoms with van der Waals surface area (Å²) >= 11 is 10.7. The van der Waals surface area contributed by atoms with Gasteiger partial charge in [0, 0.05) is 16.3 Å². The second kappa shape index (κ2) is 5.93. The summed E-state index contributed by atoms with van der Waals surface area (Å²) in [6, 6.07) is 0. The number of hydrogen-bond donors (Lipinski definition) is 1. The maximum absolute atomic E-state index is 9.93. The highest BCUT2D eigenvalue weighted by Crippen LogP contribution is 2.16. The van der Waals surface area contributed by atoms with Gasteiger partial charge in [-0.2, -0.15) is 0 Å². The van der Waals surface area contributed by atoms with Crippen molar-refractivity contribution in [1.82, 2.24) is 0 Å². The largest absolute Gasteiger partial charge is 0.746 e. The van der Waals surface area contributed by atoms with Crippen molar-refractivity contribution in [3.63, 3.8) is 0 Å². The highest BCUT2D eigenvalue weighted by molar-refractivity contribution is 7.32. The van der Waals surface area contributed by atoms with E-state index in [0.717, 1.165) is 6.26 Å². The standard InChI is InChI=1S/C4H5Cl2O3P/c5-1-4(2-6)3-9-10(7)8/h3H,1-2H2/p+1. The van der Waals surface area contributed by atoms with Crippen molar-refractivity contribution in [2.75, 3.05) is 11.8 Å². The van der Waals surface area contributed by atoms with Crippen LogP contribution in [0.15, 0.2) is 11.8 Å². The summed E-state index contributed by atoms with van der Waals surface area (Å²) in [5.41, 5.74) is 0.570. The minimum atomic E-state index is -2.59. The lowest BCUT2D eigenvalue weighted by Crippen LogP contribution is -1.85. The van der Waals surface area contributed by atoms with Crippen LogP contribution < -0.4 is 0 Å². The Morgan fingerprint density at radius 3 is 2.40 bits per heavy atom. The smallest absolute Gasteiger partial charge is 0.237 e. The molecule has 10 heavy (non-hydrogen) atoms. The van der Waals surface area contributed by atoms with Crippen LogP contribution in [-0.2, 0) is 9.09 Å². The molecular formula is C4H6Cl2O3P+. The Bertz CT molecular complexity index is 141. The normalized spacial score (nSPS) is 10.5. The number of allylic oxidation sites excluding steroid dienone is 1. The third kappa shape index (κ3) is 5.00.